The van der Waals surface area contributed by atoms with Gasteiger partial charge < -0.3 is 0 Å². The second-order valence-corrected chi connectivity index (χ2v) is 4.64. The first kappa shape index (κ1) is 11.6. The molecular weight excluding hydrogens is 276 g/mol. The van der Waals surface area contributed by atoms with E-state index < -0.39 is 10.0 Å². The van der Waals surface area contributed by atoms with Crippen molar-refractivity contribution in [2.75, 3.05) is 6.61 Å². The summed E-state index contributed by atoms with van der Waals surface area (Å²) in [6, 6.07) is 0. The third-order valence-corrected chi connectivity index (χ3v) is 3.41. The number of nitrogens with one attached hydrogen (secondary N) is 1. The van der Waals surface area contributed by atoms with Crippen LogP contribution < -0.4 is 4.89 Å². The van der Waals surface area contributed by atoms with Crippen LogP contribution in [0.5, 0.6) is 0 Å². The highest BCUT2D eigenvalue weighted by molar-refractivity contribution is 9.10. The van der Waals surface area contributed by atoms with Crippen molar-refractivity contribution in [1.29, 1.82) is 0 Å². The van der Waals surface area contributed by atoms with E-state index in [2.05, 4.69) is 31.1 Å². The van der Waals surface area contributed by atoms with E-state index in [1.54, 1.807) is 6.92 Å². The predicted molar refractivity (Wildman–Crippen MR) is 50.7 cm³/mol. The highest BCUT2D eigenvalue weighted by atomic mass is 79.9. The zero-order valence-electron chi connectivity index (χ0n) is 7.56. The molecule has 0 aliphatic carbocycles. The molecule has 9 heteroatoms. The van der Waals surface area contributed by atoms with Crippen LogP contribution in [0.15, 0.2) is 9.63 Å². The van der Waals surface area contributed by atoms with E-state index in [0.717, 1.165) is 4.68 Å². The highest BCUT2D eigenvalue weighted by Gasteiger charge is 2.23. The van der Waals surface area contributed by atoms with Crippen molar-refractivity contribution in [3.8, 4) is 0 Å². The topological polar surface area (TPSA) is 86.1 Å². The van der Waals surface area contributed by atoms with Crippen molar-refractivity contribution < 1.29 is 13.3 Å². The van der Waals surface area contributed by atoms with E-state index in [1.165, 1.54) is 7.05 Å². The normalized spacial score (nSPS) is 11.9. The molecule has 7 nitrogen and oxygen atoms in total. The van der Waals surface area contributed by atoms with E-state index in [-0.39, 0.29) is 16.2 Å². The minimum Gasteiger partial charge on any atom is -0.287 e. The Morgan fingerprint density at radius 3 is 2.71 bits per heavy atom. The lowest BCUT2D eigenvalue weighted by molar-refractivity contribution is 0.105. The molecule has 14 heavy (non-hydrogen) atoms. The summed E-state index contributed by atoms with van der Waals surface area (Å²) in [4.78, 5) is 6.54. The van der Waals surface area contributed by atoms with Gasteiger partial charge in [0.05, 0.1) is 6.61 Å². The maximum absolute atomic E-state index is 11.5. The van der Waals surface area contributed by atoms with E-state index >= 15 is 0 Å². The smallest absolute Gasteiger partial charge is 0.282 e. The molecule has 0 spiro atoms. The van der Waals surface area contributed by atoms with Gasteiger partial charge in [0, 0.05) is 7.05 Å². The van der Waals surface area contributed by atoms with Crippen molar-refractivity contribution in [3.63, 3.8) is 0 Å². The van der Waals surface area contributed by atoms with E-state index in [9.17, 15) is 8.42 Å². The van der Waals surface area contributed by atoms with Crippen LogP contribution in [0.2, 0.25) is 0 Å². The van der Waals surface area contributed by atoms with Gasteiger partial charge in [0.2, 0.25) is 5.03 Å². The van der Waals surface area contributed by atoms with Gasteiger partial charge >= 0.3 is 0 Å². The fraction of sp³-hybridized carbons (Fsp3) is 0.600. The minimum atomic E-state index is -3.72. The van der Waals surface area contributed by atoms with Gasteiger partial charge in [-0.2, -0.15) is 0 Å². The molecule has 0 radical (unpaired) electrons. The molecule has 0 aliphatic heterocycles. The van der Waals surface area contributed by atoms with Crippen LogP contribution >= 0.6 is 15.9 Å². The molecule has 0 fully saturated rings. The molecule has 1 N–H and O–H groups in total. The molecule has 80 valence electrons. The summed E-state index contributed by atoms with van der Waals surface area (Å²) >= 11 is 2.98. The minimum absolute atomic E-state index is 0.0778. The summed E-state index contributed by atoms with van der Waals surface area (Å²) in [5.74, 6) is 0. The Bertz CT molecular complexity index is 395. The maximum atomic E-state index is 11.5. The van der Waals surface area contributed by atoms with Gasteiger partial charge in [-0.1, -0.05) is 10.1 Å². The van der Waals surface area contributed by atoms with Crippen molar-refractivity contribution in [2.45, 2.75) is 11.9 Å². The Morgan fingerprint density at radius 2 is 2.29 bits per heavy atom. The largest absolute Gasteiger partial charge is 0.287 e. The summed E-state index contributed by atoms with van der Waals surface area (Å²) in [6.45, 7) is 1.90. The number of aromatic nitrogens is 3. The first-order valence-corrected chi connectivity index (χ1v) is 5.95. The fourth-order valence-corrected chi connectivity index (χ4v) is 2.75. The quantitative estimate of drug-likeness (QED) is 0.775. The number of nitrogens with zero attached hydrogens (tertiary/aromatic N) is 3. The average Bonchev–Trinajstić information content (AvgIpc) is 2.43. The second-order valence-electron chi connectivity index (χ2n) is 2.33. The molecule has 1 aromatic heterocycles. The monoisotopic (exact) mass is 284 g/mol. The van der Waals surface area contributed by atoms with Crippen LogP contribution in [0.3, 0.4) is 0 Å². The summed E-state index contributed by atoms with van der Waals surface area (Å²) in [7, 11) is -2.25. The summed E-state index contributed by atoms with van der Waals surface area (Å²) < 4.78 is 24.3. The molecule has 1 aromatic rings. The molecule has 0 atom stereocenters. The Labute approximate surface area is 89.6 Å². The lowest BCUT2D eigenvalue weighted by Gasteiger charge is -2.04. The van der Waals surface area contributed by atoms with Gasteiger partial charge in [-0.15, -0.1) is 5.10 Å². The van der Waals surface area contributed by atoms with Crippen molar-refractivity contribution in [2.24, 2.45) is 7.05 Å². The van der Waals surface area contributed by atoms with E-state index in [1.807, 2.05) is 4.89 Å². The lowest BCUT2D eigenvalue weighted by Crippen LogP contribution is -2.26. The first-order valence-electron chi connectivity index (χ1n) is 3.67. The molecule has 1 heterocycles. The molecule has 0 unspecified atom stereocenters. The molecule has 0 aromatic carbocycles. The molecule has 0 bridgehead atoms. The molecule has 1 rings (SSSR count). The Balaban J connectivity index is 3.04. The standard InChI is InChI=1S/C5H9BrN4O3S/c1-3-13-9-14(11,12)5-4(6)7-8-10(5)2/h9H,3H2,1-2H3. The van der Waals surface area contributed by atoms with Gasteiger partial charge in [0.15, 0.2) is 4.60 Å². The number of aryl methyl sites for hydroxylation is 1. The number of hydrogen-bond donors (Lipinski definition) is 1. The van der Waals surface area contributed by atoms with Crippen LogP contribution in [0.1, 0.15) is 6.92 Å². The Hall–Kier alpha value is -0.510. The highest BCUT2D eigenvalue weighted by Crippen LogP contribution is 2.17. The molecule has 0 saturated carbocycles. The summed E-state index contributed by atoms with van der Waals surface area (Å²) in [6.07, 6.45) is 0. The zero-order valence-corrected chi connectivity index (χ0v) is 9.96. The number of sulfonamides is 1. The van der Waals surface area contributed by atoms with Gasteiger partial charge in [0.1, 0.15) is 0 Å². The Morgan fingerprint density at radius 1 is 1.64 bits per heavy atom. The fourth-order valence-electron chi connectivity index (χ4n) is 0.784. The van der Waals surface area contributed by atoms with Crippen LogP contribution in [0.25, 0.3) is 0 Å². The molecule has 0 aliphatic rings. The van der Waals surface area contributed by atoms with Gasteiger partial charge in [-0.05, 0) is 22.9 Å². The molecular formula is C5H9BrN4O3S. The third-order valence-electron chi connectivity index (χ3n) is 1.30. The Kier molecular flexibility index (Phi) is 3.59. The number of halogens is 1. The third kappa shape index (κ3) is 2.29. The number of rotatable bonds is 4. The van der Waals surface area contributed by atoms with Crippen LogP contribution in [-0.4, -0.2) is 30.0 Å². The van der Waals surface area contributed by atoms with E-state index in [0.29, 0.717) is 0 Å². The van der Waals surface area contributed by atoms with Gasteiger partial charge in [-0.3, -0.25) is 4.84 Å². The average molecular weight is 285 g/mol. The van der Waals surface area contributed by atoms with Crippen LogP contribution in [0, 0.1) is 0 Å². The van der Waals surface area contributed by atoms with Crippen molar-refractivity contribution >= 4 is 26.0 Å². The molecule has 0 amide bonds. The van der Waals surface area contributed by atoms with Gasteiger partial charge in [-0.25, -0.2) is 13.1 Å². The first-order chi connectivity index (χ1) is 6.49. The lowest BCUT2D eigenvalue weighted by atomic mass is 10.9. The maximum Gasteiger partial charge on any atom is 0.282 e. The zero-order chi connectivity index (χ0) is 10.8. The van der Waals surface area contributed by atoms with E-state index in [4.69, 9.17) is 0 Å². The second kappa shape index (κ2) is 4.34. The predicted octanol–water partition coefficient (Wildman–Crippen LogP) is -0.193. The number of hydrogen-bond acceptors (Lipinski definition) is 5. The van der Waals surface area contributed by atoms with Crippen molar-refractivity contribution in [3.05, 3.63) is 4.60 Å². The summed E-state index contributed by atoms with van der Waals surface area (Å²) in [5, 5.41) is 7.00. The summed E-state index contributed by atoms with van der Waals surface area (Å²) in [5.41, 5.74) is 0. The van der Waals surface area contributed by atoms with Crippen LogP contribution in [-0.2, 0) is 21.9 Å². The molecule has 0 saturated heterocycles. The SMILES string of the molecule is CCONS(=O)(=O)c1c(Br)nnn1C. The van der Waals surface area contributed by atoms with Crippen molar-refractivity contribution in [1.82, 2.24) is 19.9 Å². The van der Waals surface area contributed by atoms with Crippen LogP contribution in [0.4, 0.5) is 0 Å². The van der Waals surface area contributed by atoms with Gasteiger partial charge in [0.25, 0.3) is 10.0 Å².